The molecule has 0 saturated carbocycles. The van der Waals surface area contributed by atoms with Crippen LogP contribution in [0, 0.1) is 0 Å². The number of carbonyl (C=O) groups excluding carboxylic acids is 6. The number of hydrogen-bond donors (Lipinski definition) is 8. The van der Waals surface area contributed by atoms with Gasteiger partial charge in [0.1, 0.15) is 79.3 Å². The van der Waals surface area contributed by atoms with E-state index in [-0.39, 0.29) is 71.7 Å². The molecule has 56 heavy (non-hydrogen) atoms. The van der Waals surface area contributed by atoms with E-state index in [1.807, 2.05) is 0 Å². The van der Waals surface area contributed by atoms with Gasteiger partial charge in [0.25, 0.3) is 0 Å². The topological polar surface area (TPSA) is 368 Å². The first-order chi connectivity index (χ1) is 25.4. The van der Waals surface area contributed by atoms with Crippen LogP contribution in [-0.4, -0.2) is 198 Å². The molecule has 3 rings (SSSR count). The molecule has 18 atom stereocenters. The maximum absolute atomic E-state index is 12.3. The minimum absolute atomic E-state index is 0. The van der Waals surface area contributed by atoms with Gasteiger partial charge >= 0.3 is 59.1 Å². The van der Waals surface area contributed by atoms with E-state index in [4.69, 9.17) is 37.9 Å². The summed E-state index contributed by atoms with van der Waals surface area (Å²) in [6.07, 6.45) is -30.4. The molecule has 17 unspecified atom stereocenters. The normalized spacial score (nSPS) is 37.3. The first kappa shape index (κ1) is 52.7. The van der Waals surface area contributed by atoms with Crippen molar-refractivity contribution in [2.24, 2.45) is 0 Å². The second-order valence-corrected chi connectivity index (χ2v) is 12.5. The number of aliphatic carboxylic acids is 2. The molecule has 0 spiro atoms. The SMILES string of the molecule is COC1C(C(=O)[O-])OC(OC2C(O)C(CO)OC(OC(C=O)C(OC(C=O)OC3C(O)C(CO)O[C@H](C)C3NC(C)=O)C(=O)[O-])C2NC(C)=O)C(O)C1O.[Na+].[Na+]. The number of rotatable bonds is 18. The van der Waals surface area contributed by atoms with Crippen molar-refractivity contribution >= 4 is 36.3 Å². The van der Waals surface area contributed by atoms with Crippen LogP contribution in [0.4, 0.5) is 0 Å². The van der Waals surface area contributed by atoms with Crippen molar-refractivity contribution < 1.29 is 167 Å². The fourth-order valence-corrected chi connectivity index (χ4v) is 6.17. The molecule has 0 aromatic heterocycles. The molecule has 3 aliphatic rings. The number of carboxylic acids is 2. The standard InChI is InChI=1S/C30H46N2O22.2Na/c1-9-16(31-10(2)37)23(18(39)12(5-33)48-9)52-15(8-36)51-22(27(43)44)14(7-35)50-29-17(32-11(3)38)24(19(40)13(6-34)49-29)53-30-21(42)20(41)25(47-4)26(54-30)28(45)46;;/h7-9,12-26,29-30,33-34,39-42H,5-6H2,1-4H3,(H,31,37)(H,32,38)(H,43,44)(H,45,46);;/q;2*+1/p-2/t9-,12?,13?,14?,15?,16?,17?,18?,19?,20?,21?,22?,23?,24?,25?,26?,29?,30?;;/m1../s1. The Balaban J connectivity index is 0.00000784. The van der Waals surface area contributed by atoms with Crippen LogP contribution in [-0.2, 0) is 66.7 Å². The van der Waals surface area contributed by atoms with Gasteiger partial charge in [-0.15, -0.1) is 0 Å². The van der Waals surface area contributed by atoms with Crippen molar-refractivity contribution in [3.8, 4) is 0 Å². The molecule has 308 valence electrons. The summed E-state index contributed by atoms with van der Waals surface area (Å²) in [5, 5.41) is 91.3. The van der Waals surface area contributed by atoms with Crippen molar-refractivity contribution in [1.29, 1.82) is 0 Å². The van der Waals surface area contributed by atoms with Crippen LogP contribution < -0.4 is 80.0 Å². The second-order valence-electron chi connectivity index (χ2n) is 12.5. The van der Waals surface area contributed by atoms with Crippen LogP contribution in [0.25, 0.3) is 0 Å². The van der Waals surface area contributed by atoms with Crippen molar-refractivity contribution in [3.63, 3.8) is 0 Å². The Morgan fingerprint density at radius 2 is 1.30 bits per heavy atom. The Bertz CT molecular complexity index is 1320. The van der Waals surface area contributed by atoms with Gasteiger partial charge in [0.05, 0.1) is 37.3 Å². The van der Waals surface area contributed by atoms with Crippen molar-refractivity contribution in [2.75, 3.05) is 20.3 Å². The zero-order valence-corrected chi connectivity index (χ0v) is 35.2. The van der Waals surface area contributed by atoms with Crippen LogP contribution in [0.1, 0.15) is 20.8 Å². The molecule has 0 bridgehead atoms. The predicted molar refractivity (Wildman–Crippen MR) is 161 cm³/mol. The summed E-state index contributed by atoms with van der Waals surface area (Å²) in [4.78, 5) is 72.6. The second kappa shape index (κ2) is 24.0. The monoisotopic (exact) mass is 830 g/mol. The van der Waals surface area contributed by atoms with Crippen LogP contribution in [0.2, 0.25) is 0 Å². The summed E-state index contributed by atoms with van der Waals surface area (Å²) in [6.45, 7) is 1.75. The van der Waals surface area contributed by atoms with E-state index in [0.717, 1.165) is 21.0 Å². The van der Waals surface area contributed by atoms with Crippen LogP contribution in [0.15, 0.2) is 0 Å². The van der Waals surface area contributed by atoms with E-state index in [0.29, 0.717) is 0 Å². The minimum atomic E-state index is -2.56. The number of methoxy groups -OCH3 is 1. The van der Waals surface area contributed by atoms with Crippen molar-refractivity contribution in [3.05, 3.63) is 0 Å². The van der Waals surface area contributed by atoms with Gasteiger partial charge in [-0.2, -0.15) is 0 Å². The first-order valence-corrected chi connectivity index (χ1v) is 16.4. The smallest absolute Gasteiger partial charge is 0.547 e. The molecule has 0 radical (unpaired) electrons. The molecule has 26 heteroatoms. The van der Waals surface area contributed by atoms with E-state index >= 15 is 0 Å². The molecule has 8 N–H and O–H groups in total. The molecule has 3 saturated heterocycles. The molecule has 3 heterocycles. The van der Waals surface area contributed by atoms with Gasteiger partial charge in [0.2, 0.25) is 18.1 Å². The third-order valence-corrected chi connectivity index (χ3v) is 8.72. The molecule has 0 aliphatic carbocycles. The third kappa shape index (κ3) is 12.8. The average Bonchev–Trinajstić information content (AvgIpc) is 3.11. The summed E-state index contributed by atoms with van der Waals surface area (Å²) in [6, 6.07) is -3.00. The fourth-order valence-electron chi connectivity index (χ4n) is 6.17. The Labute approximate surface area is 362 Å². The summed E-state index contributed by atoms with van der Waals surface area (Å²) in [7, 11) is 1.00. The van der Waals surface area contributed by atoms with Crippen molar-refractivity contribution in [1.82, 2.24) is 10.6 Å². The number of aldehydes is 2. The third-order valence-electron chi connectivity index (χ3n) is 8.72. The van der Waals surface area contributed by atoms with Crippen LogP contribution in [0.3, 0.4) is 0 Å². The first-order valence-electron chi connectivity index (χ1n) is 16.4. The van der Waals surface area contributed by atoms with Gasteiger partial charge in [-0.05, 0) is 6.92 Å². The van der Waals surface area contributed by atoms with E-state index in [2.05, 4.69) is 10.6 Å². The number of aliphatic hydroxyl groups excluding tert-OH is 6. The Morgan fingerprint density at radius 3 is 1.79 bits per heavy atom. The molecular weight excluding hydrogens is 786 g/mol. The van der Waals surface area contributed by atoms with Gasteiger partial charge < -0.3 is 104 Å². The zero-order valence-electron chi connectivity index (χ0n) is 31.2. The van der Waals surface area contributed by atoms with Crippen molar-refractivity contribution in [2.45, 2.75) is 131 Å². The van der Waals surface area contributed by atoms with E-state index in [1.165, 1.54) is 6.92 Å². The van der Waals surface area contributed by atoms with Gasteiger partial charge in [0, 0.05) is 21.0 Å². The molecule has 3 aliphatic heterocycles. The largest absolute Gasteiger partial charge is 1.00 e. The predicted octanol–water partition coefficient (Wildman–Crippen LogP) is -15.6. The molecule has 0 aromatic rings. The number of ether oxygens (including phenoxy) is 8. The number of carbonyl (C=O) groups is 6. The van der Waals surface area contributed by atoms with Gasteiger partial charge in [-0.25, -0.2) is 0 Å². The number of nitrogens with one attached hydrogen (secondary N) is 2. The Kier molecular flexibility index (Phi) is 22.6. The number of amides is 2. The summed E-state index contributed by atoms with van der Waals surface area (Å²) in [5.74, 6) is -5.61. The summed E-state index contributed by atoms with van der Waals surface area (Å²) < 4.78 is 43.0. The maximum atomic E-state index is 12.3. The van der Waals surface area contributed by atoms with E-state index in [9.17, 15) is 69.6 Å². The Hall–Kier alpha value is -1.34. The number of aliphatic hydroxyl groups is 6. The van der Waals surface area contributed by atoms with Gasteiger partial charge in [0.15, 0.2) is 25.2 Å². The van der Waals surface area contributed by atoms with E-state index in [1.54, 1.807) is 0 Å². The van der Waals surface area contributed by atoms with Crippen LogP contribution >= 0.6 is 0 Å². The number of carboxylic acid groups (broad SMARTS) is 2. The zero-order chi connectivity index (χ0) is 40.6. The minimum Gasteiger partial charge on any atom is -0.547 e. The number of hydrogen-bond acceptors (Lipinski definition) is 22. The molecule has 3 fully saturated rings. The van der Waals surface area contributed by atoms with Gasteiger partial charge in [-0.3, -0.25) is 14.4 Å². The fraction of sp³-hybridized carbons (Fsp3) is 0.800. The molecule has 2 amide bonds. The Morgan fingerprint density at radius 1 is 0.750 bits per heavy atom. The quantitative estimate of drug-likeness (QED) is 0.0361. The van der Waals surface area contributed by atoms with E-state index < -0.39 is 147 Å². The summed E-state index contributed by atoms with van der Waals surface area (Å²) >= 11 is 0. The van der Waals surface area contributed by atoms with Crippen LogP contribution in [0.5, 0.6) is 0 Å². The average molecular weight is 831 g/mol. The maximum Gasteiger partial charge on any atom is 1.00 e. The van der Waals surface area contributed by atoms with Gasteiger partial charge in [-0.1, -0.05) is 0 Å². The summed E-state index contributed by atoms with van der Waals surface area (Å²) in [5.41, 5.74) is 0. The molecular formula is C30H44N2Na2O22. The molecule has 0 aromatic carbocycles. The molecule has 24 nitrogen and oxygen atoms in total.